The average Bonchev–Trinajstić information content (AvgIpc) is 2.74. The van der Waals surface area contributed by atoms with Crippen LogP contribution < -0.4 is 15.0 Å². The van der Waals surface area contributed by atoms with Gasteiger partial charge in [0.1, 0.15) is 5.75 Å². The van der Waals surface area contributed by atoms with E-state index < -0.39 is 18.1 Å². The number of alkyl halides is 3. The standard InChI is InChI=1S/C23H27F3N2O2/c1-3-30-21-10-8-20(9-11-21)28-14-12-19(13-15-28)18-6-4-17(5-7-18)16(2)27-22(29)23(24,25)26/h4-11,16,19H,3,12-15H2,1-2H3,(H,27,29)/t16-/m0/s1. The second-order valence-electron chi connectivity index (χ2n) is 7.55. The second kappa shape index (κ2) is 9.41. The summed E-state index contributed by atoms with van der Waals surface area (Å²) in [6.45, 7) is 6.05. The summed E-state index contributed by atoms with van der Waals surface area (Å²) in [5.41, 5.74) is 3.02. The predicted octanol–water partition coefficient (Wildman–Crippen LogP) is 5.21. The van der Waals surface area contributed by atoms with Crippen LogP contribution in [0.2, 0.25) is 0 Å². The van der Waals surface area contributed by atoms with Crippen molar-refractivity contribution in [3.05, 3.63) is 59.7 Å². The molecule has 1 saturated heterocycles. The maximum absolute atomic E-state index is 12.4. The highest BCUT2D eigenvalue weighted by Gasteiger charge is 2.39. The topological polar surface area (TPSA) is 41.6 Å². The smallest absolute Gasteiger partial charge is 0.471 e. The van der Waals surface area contributed by atoms with Crippen LogP contribution in [0.25, 0.3) is 0 Å². The van der Waals surface area contributed by atoms with E-state index >= 15 is 0 Å². The molecule has 4 nitrogen and oxygen atoms in total. The van der Waals surface area contributed by atoms with Gasteiger partial charge in [0, 0.05) is 18.8 Å². The van der Waals surface area contributed by atoms with Crippen LogP contribution in [-0.2, 0) is 4.79 Å². The fourth-order valence-corrected chi connectivity index (χ4v) is 3.81. The highest BCUT2D eigenvalue weighted by molar-refractivity contribution is 5.82. The van der Waals surface area contributed by atoms with Gasteiger partial charge in [0.05, 0.1) is 12.6 Å². The molecule has 2 aromatic rings. The molecule has 0 aliphatic carbocycles. The minimum atomic E-state index is -4.87. The Morgan fingerprint density at radius 3 is 2.23 bits per heavy atom. The van der Waals surface area contributed by atoms with Gasteiger partial charge in [-0.05, 0) is 68.0 Å². The van der Waals surface area contributed by atoms with Crippen molar-refractivity contribution in [2.45, 2.75) is 44.8 Å². The quantitative estimate of drug-likeness (QED) is 0.698. The largest absolute Gasteiger partial charge is 0.494 e. The van der Waals surface area contributed by atoms with Gasteiger partial charge < -0.3 is 15.0 Å². The number of benzene rings is 2. The van der Waals surface area contributed by atoms with Crippen LogP contribution in [-0.4, -0.2) is 31.8 Å². The lowest BCUT2D eigenvalue weighted by Gasteiger charge is -2.34. The Morgan fingerprint density at radius 1 is 1.10 bits per heavy atom. The minimum Gasteiger partial charge on any atom is -0.494 e. The van der Waals surface area contributed by atoms with Crippen LogP contribution in [0.5, 0.6) is 5.75 Å². The van der Waals surface area contributed by atoms with Crippen molar-refractivity contribution in [1.29, 1.82) is 0 Å². The summed E-state index contributed by atoms with van der Waals surface area (Å²) in [5.74, 6) is -0.629. The van der Waals surface area contributed by atoms with Crippen LogP contribution in [0.3, 0.4) is 0 Å². The number of nitrogens with zero attached hydrogens (tertiary/aromatic N) is 1. The molecule has 0 aromatic heterocycles. The zero-order chi connectivity index (χ0) is 21.7. The molecule has 3 rings (SSSR count). The summed E-state index contributed by atoms with van der Waals surface area (Å²) in [6.07, 6.45) is -2.86. The van der Waals surface area contributed by atoms with Crippen molar-refractivity contribution in [3.8, 4) is 5.75 Å². The number of carbonyl (C=O) groups is 1. The van der Waals surface area contributed by atoms with E-state index in [-0.39, 0.29) is 0 Å². The molecule has 1 aliphatic heterocycles. The third kappa shape index (κ3) is 5.46. The van der Waals surface area contributed by atoms with E-state index in [0.29, 0.717) is 18.1 Å². The number of nitrogens with one attached hydrogen (secondary N) is 1. The summed E-state index contributed by atoms with van der Waals surface area (Å²) in [4.78, 5) is 13.5. The highest BCUT2D eigenvalue weighted by atomic mass is 19.4. The summed E-state index contributed by atoms with van der Waals surface area (Å²) in [7, 11) is 0. The number of ether oxygens (including phenoxy) is 1. The summed E-state index contributed by atoms with van der Waals surface area (Å²) in [6, 6.07) is 15.0. The van der Waals surface area contributed by atoms with E-state index in [1.165, 1.54) is 11.3 Å². The van der Waals surface area contributed by atoms with Gasteiger partial charge in [-0.3, -0.25) is 4.79 Å². The summed E-state index contributed by atoms with van der Waals surface area (Å²) in [5, 5.41) is 1.99. The zero-order valence-electron chi connectivity index (χ0n) is 17.2. The Bertz CT molecular complexity index is 827. The lowest BCUT2D eigenvalue weighted by molar-refractivity contribution is -0.174. The van der Waals surface area contributed by atoms with Crippen molar-refractivity contribution in [2.24, 2.45) is 0 Å². The first-order valence-corrected chi connectivity index (χ1v) is 10.2. The van der Waals surface area contributed by atoms with Crippen molar-refractivity contribution < 1.29 is 22.7 Å². The maximum Gasteiger partial charge on any atom is 0.471 e. The van der Waals surface area contributed by atoms with Gasteiger partial charge in [0.15, 0.2) is 0 Å². The number of hydrogen-bond acceptors (Lipinski definition) is 3. The molecule has 0 saturated carbocycles. The summed E-state index contributed by atoms with van der Waals surface area (Å²) >= 11 is 0. The molecule has 1 aliphatic rings. The fraction of sp³-hybridized carbons (Fsp3) is 0.435. The van der Waals surface area contributed by atoms with Gasteiger partial charge in [0.2, 0.25) is 0 Å². The van der Waals surface area contributed by atoms with Gasteiger partial charge in [-0.15, -0.1) is 0 Å². The molecular formula is C23H27F3N2O2. The van der Waals surface area contributed by atoms with Gasteiger partial charge in [0.25, 0.3) is 0 Å². The first kappa shape index (κ1) is 22.0. The summed E-state index contributed by atoms with van der Waals surface area (Å²) < 4.78 is 42.7. The number of hydrogen-bond donors (Lipinski definition) is 1. The van der Waals surface area contributed by atoms with Crippen molar-refractivity contribution in [2.75, 3.05) is 24.6 Å². The molecule has 30 heavy (non-hydrogen) atoms. The van der Waals surface area contributed by atoms with Gasteiger partial charge >= 0.3 is 12.1 Å². The van der Waals surface area contributed by atoms with E-state index in [2.05, 4.69) is 17.0 Å². The van der Waals surface area contributed by atoms with Crippen LogP contribution in [0.1, 0.15) is 49.8 Å². The molecule has 1 amide bonds. The lowest BCUT2D eigenvalue weighted by atomic mass is 9.88. The van der Waals surface area contributed by atoms with E-state index in [9.17, 15) is 18.0 Å². The fourth-order valence-electron chi connectivity index (χ4n) is 3.81. The number of amides is 1. The van der Waals surface area contributed by atoms with Gasteiger partial charge in [-0.1, -0.05) is 24.3 Å². The molecule has 0 unspecified atom stereocenters. The molecule has 1 N–H and O–H groups in total. The first-order chi connectivity index (χ1) is 14.3. The van der Waals surface area contributed by atoms with Crippen molar-refractivity contribution >= 4 is 11.6 Å². The molecule has 0 spiro atoms. The molecule has 1 fully saturated rings. The van der Waals surface area contributed by atoms with Crippen molar-refractivity contribution in [1.82, 2.24) is 5.32 Å². The SMILES string of the molecule is CCOc1ccc(N2CCC(c3ccc([C@H](C)NC(=O)C(F)(F)F)cc3)CC2)cc1. The number of halogens is 3. The first-order valence-electron chi connectivity index (χ1n) is 10.2. The molecule has 7 heteroatoms. The third-order valence-corrected chi connectivity index (χ3v) is 5.52. The Labute approximate surface area is 175 Å². The number of carbonyl (C=O) groups excluding carboxylic acids is 1. The molecular weight excluding hydrogens is 393 g/mol. The molecule has 162 valence electrons. The molecule has 2 aromatic carbocycles. The van der Waals surface area contributed by atoms with E-state index in [1.807, 2.05) is 36.5 Å². The number of rotatable bonds is 6. The molecule has 1 heterocycles. The number of piperidine rings is 1. The normalized spacial score (nSPS) is 16.2. The van der Waals surface area contributed by atoms with Crippen LogP contribution in [0, 0.1) is 0 Å². The monoisotopic (exact) mass is 420 g/mol. The van der Waals surface area contributed by atoms with E-state index in [1.54, 1.807) is 19.1 Å². The average molecular weight is 420 g/mol. The van der Waals surface area contributed by atoms with Crippen LogP contribution >= 0.6 is 0 Å². The number of anilines is 1. The van der Waals surface area contributed by atoms with Gasteiger partial charge in [-0.25, -0.2) is 0 Å². The van der Waals surface area contributed by atoms with Crippen LogP contribution in [0.15, 0.2) is 48.5 Å². The van der Waals surface area contributed by atoms with Crippen molar-refractivity contribution in [3.63, 3.8) is 0 Å². The zero-order valence-corrected chi connectivity index (χ0v) is 17.2. The third-order valence-electron chi connectivity index (χ3n) is 5.52. The van der Waals surface area contributed by atoms with Crippen LogP contribution in [0.4, 0.5) is 18.9 Å². The van der Waals surface area contributed by atoms with Gasteiger partial charge in [-0.2, -0.15) is 13.2 Å². The highest BCUT2D eigenvalue weighted by Crippen LogP contribution is 2.32. The second-order valence-corrected chi connectivity index (χ2v) is 7.55. The molecule has 0 radical (unpaired) electrons. The van der Waals surface area contributed by atoms with E-state index in [0.717, 1.165) is 31.7 Å². The Morgan fingerprint density at radius 2 is 1.70 bits per heavy atom. The lowest BCUT2D eigenvalue weighted by Crippen LogP contribution is -2.38. The Hall–Kier alpha value is -2.70. The minimum absolute atomic E-state index is 0.415. The molecule has 1 atom stereocenters. The predicted molar refractivity (Wildman–Crippen MR) is 111 cm³/mol. The van der Waals surface area contributed by atoms with E-state index in [4.69, 9.17) is 4.74 Å². The Kier molecular flexibility index (Phi) is 6.90. The molecule has 0 bridgehead atoms. The maximum atomic E-state index is 12.4. The Balaban J connectivity index is 1.55.